The lowest BCUT2D eigenvalue weighted by Gasteiger charge is -2.13. The largest absolute Gasteiger partial charge is 0.573 e. The van der Waals surface area contributed by atoms with Crippen LogP contribution in [0.15, 0.2) is 45.7 Å². The van der Waals surface area contributed by atoms with Gasteiger partial charge in [-0.15, -0.1) is 13.2 Å². The number of halogens is 3. The van der Waals surface area contributed by atoms with E-state index in [1.807, 2.05) is 0 Å². The van der Waals surface area contributed by atoms with E-state index in [1.165, 1.54) is 24.3 Å². The number of carbonyl (C=O) groups excluding carboxylic acids is 3. The molecule has 0 aliphatic carbocycles. The van der Waals surface area contributed by atoms with Crippen molar-refractivity contribution in [3.8, 4) is 17.1 Å². The van der Waals surface area contributed by atoms with Crippen molar-refractivity contribution < 1.29 is 41.4 Å². The van der Waals surface area contributed by atoms with Gasteiger partial charge in [-0.3, -0.25) is 19.3 Å². The fraction of sp³-hybridized carbons (Fsp3) is 0.250. The number of furan rings is 1. The smallest absolute Gasteiger partial charge is 0.462 e. The van der Waals surface area contributed by atoms with E-state index < -0.39 is 30.0 Å². The summed E-state index contributed by atoms with van der Waals surface area (Å²) < 4.78 is 51.1. The standard InChI is InChI=1S/C20H16F3NO6S/c1-11(2)28-17(25)10-24-18(26)16(31-19(24)27)9-14-7-8-15(29-14)12-3-5-13(6-4-12)30-20(21,22)23/h3-9,11H,10H2,1-2H3/b16-9-. The molecule has 1 aliphatic heterocycles. The molecule has 1 aromatic heterocycles. The second-order valence-corrected chi connectivity index (χ2v) is 7.57. The second kappa shape index (κ2) is 8.88. The molecule has 2 amide bonds. The van der Waals surface area contributed by atoms with Gasteiger partial charge in [0.05, 0.1) is 11.0 Å². The topological polar surface area (TPSA) is 86.1 Å². The number of alkyl halides is 3. The molecule has 1 aliphatic rings. The summed E-state index contributed by atoms with van der Waals surface area (Å²) in [5.74, 6) is -1.13. The van der Waals surface area contributed by atoms with Crippen molar-refractivity contribution in [1.29, 1.82) is 0 Å². The molecule has 7 nitrogen and oxygen atoms in total. The lowest BCUT2D eigenvalue weighted by molar-refractivity contribution is -0.274. The van der Waals surface area contributed by atoms with Crippen LogP contribution in [0, 0.1) is 0 Å². The Labute approximate surface area is 178 Å². The molecule has 164 valence electrons. The van der Waals surface area contributed by atoms with Gasteiger partial charge in [0.25, 0.3) is 11.1 Å². The Morgan fingerprint density at radius 2 is 1.84 bits per heavy atom. The van der Waals surface area contributed by atoms with Gasteiger partial charge in [-0.05, 0) is 62.0 Å². The van der Waals surface area contributed by atoms with Gasteiger partial charge in [0.2, 0.25) is 0 Å². The summed E-state index contributed by atoms with van der Waals surface area (Å²) in [4.78, 5) is 37.1. The summed E-state index contributed by atoms with van der Waals surface area (Å²) in [5, 5.41) is -0.607. The van der Waals surface area contributed by atoms with Crippen LogP contribution in [-0.4, -0.2) is 41.0 Å². The molecule has 2 aromatic rings. The first-order chi connectivity index (χ1) is 14.5. The SMILES string of the molecule is CC(C)OC(=O)CN1C(=O)S/C(=C\c2ccc(-c3ccc(OC(F)(F)F)cc3)o2)C1=O. The van der Waals surface area contributed by atoms with E-state index in [0.29, 0.717) is 23.1 Å². The van der Waals surface area contributed by atoms with Gasteiger partial charge in [-0.1, -0.05) is 0 Å². The maximum Gasteiger partial charge on any atom is 0.573 e. The number of imide groups is 1. The number of carbonyl (C=O) groups is 3. The van der Waals surface area contributed by atoms with Crippen molar-refractivity contribution in [2.75, 3.05) is 6.54 Å². The zero-order valence-corrected chi connectivity index (χ0v) is 17.1. The molecule has 0 spiro atoms. The molecule has 0 N–H and O–H groups in total. The molecule has 1 fully saturated rings. The molecule has 1 saturated heterocycles. The third-order valence-electron chi connectivity index (χ3n) is 3.80. The zero-order chi connectivity index (χ0) is 22.8. The Morgan fingerprint density at radius 3 is 2.45 bits per heavy atom. The van der Waals surface area contributed by atoms with Gasteiger partial charge < -0.3 is 13.9 Å². The van der Waals surface area contributed by atoms with Crippen LogP contribution in [0.5, 0.6) is 5.75 Å². The minimum absolute atomic E-state index is 0.0668. The van der Waals surface area contributed by atoms with Crippen molar-refractivity contribution in [3.63, 3.8) is 0 Å². The molecular weight excluding hydrogens is 439 g/mol. The first kappa shape index (κ1) is 22.5. The first-order valence-corrected chi connectivity index (χ1v) is 9.74. The summed E-state index contributed by atoms with van der Waals surface area (Å²) in [7, 11) is 0. The molecule has 1 aromatic carbocycles. The lowest BCUT2D eigenvalue weighted by Crippen LogP contribution is -2.35. The highest BCUT2D eigenvalue weighted by Gasteiger charge is 2.37. The Morgan fingerprint density at radius 1 is 1.16 bits per heavy atom. The van der Waals surface area contributed by atoms with E-state index in [-0.39, 0.29) is 22.5 Å². The quantitative estimate of drug-likeness (QED) is 0.455. The van der Waals surface area contributed by atoms with Crippen LogP contribution >= 0.6 is 11.8 Å². The molecule has 0 saturated carbocycles. The molecule has 2 heterocycles. The number of hydrogen-bond acceptors (Lipinski definition) is 7. The zero-order valence-electron chi connectivity index (χ0n) is 16.3. The average molecular weight is 455 g/mol. The predicted octanol–water partition coefficient (Wildman–Crippen LogP) is 4.83. The molecule has 11 heteroatoms. The van der Waals surface area contributed by atoms with E-state index in [1.54, 1.807) is 19.9 Å². The van der Waals surface area contributed by atoms with Crippen molar-refractivity contribution in [1.82, 2.24) is 4.90 Å². The van der Waals surface area contributed by atoms with Gasteiger partial charge in [0.1, 0.15) is 23.8 Å². The van der Waals surface area contributed by atoms with Gasteiger partial charge in [-0.25, -0.2) is 0 Å². The van der Waals surface area contributed by atoms with Crippen LogP contribution in [0.1, 0.15) is 19.6 Å². The second-order valence-electron chi connectivity index (χ2n) is 6.58. The maximum atomic E-state index is 12.4. The Hall–Kier alpha value is -3.21. The maximum absolute atomic E-state index is 12.4. The number of ether oxygens (including phenoxy) is 2. The van der Waals surface area contributed by atoms with E-state index in [2.05, 4.69) is 4.74 Å². The van der Waals surface area contributed by atoms with Crippen molar-refractivity contribution >= 4 is 35.0 Å². The van der Waals surface area contributed by atoms with Gasteiger partial charge in [-0.2, -0.15) is 0 Å². The molecule has 0 atom stereocenters. The highest BCUT2D eigenvalue weighted by atomic mass is 32.2. The molecule has 3 rings (SSSR count). The number of hydrogen-bond donors (Lipinski definition) is 0. The monoisotopic (exact) mass is 455 g/mol. The summed E-state index contributed by atoms with van der Waals surface area (Å²) in [6.45, 7) is 2.81. The van der Waals surface area contributed by atoms with Crippen LogP contribution < -0.4 is 4.74 Å². The Kier molecular flexibility index (Phi) is 6.44. The van der Waals surface area contributed by atoms with Crippen LogP contribution in [0.2, 0.25) is 0 Å². The molecule has 0 radical (unpaired) electrons. The highest BCUT2D eigenvalue weighted by molar-refractivity contribution is 8.18. The van der Waals surface area contributed by atoms with Crippen LogP contribution in [0.3, 0.4) is 0 Å². The van der Waals surface area contributed by atoms with Crippen molar-refractivity contribution in [2.45, 2.75) is 26.3 Å². The van der Waals surface area contributed by atoms with Gasteiger partial charge in [0, 0.05) is 11.6 Å². The van der Waals surface area contributed by atoms with Crippen molar-refractivity contribution in [3.05, 3.63) is 47.1 Å². The van der Waals surface area contributed by atoms with Gasteiger partial charge >= 0.3 is 12.3 Å². The van der Waals surface area contributed by atoms with E-state index >= 15 is 0 Å². The normalized spacial score (nSPS) is 15.8. The van der Waals surface area contributed by atoms with E-state index in [9.17, 15) is 27.6 Å². The molecule has 31 heavy (non-hydrogen) atoms. The number of rotatable bonds is 6. The van der Waals surface area contributed by atoms with Crippen LogP contribution in [-0.2, 0) is 14.3 Å². The molecule has 0 bridgehead atoms. The van der Waals surface area contributed by atoms with E-state index in [4.69, 9.17) is 9.15 Å². The van der Waals surface area contributed by atoms with Crippen LogP contribution in [0.25, 0.3) is 17.4 Å². The highest BCUT2D eigenvalue weighted by Crippen LogP contribution is 2.33. The van der Waals surface area contributed by atoms with E-state index in [0.717, 1.165) is 17.0 Å². The minimum atomic E-state index is -4.78. The third-order valence-corrected chi connectivity index (χ3v) is 4.71. The molecule has 0 unspecified atom stereocenters. The summed E-state index contributed by atoms with van der Waals surface area (Å²) >= 11 is 0.657. The number of amides is 2. The summed E-state index contributed by atoms with van der Waals surface area (Å²) in [6, 6.07) is 8.17. The fourth-order valence-electron chi connectivity index (χ4n) is 2.60. The Bertz CT molecular complexity index is 1030. The van der Waals surface area contributed by atoms with Crippen molar-refractivity contribution in [2.24, 2.45) is 0 Å². The predicted molar refractivity (Wildman–Crippen MR) is 105 cm³/mol. The number of thioether (sulfide) groups is 1. The van der Waals surface area contributed by atoms with Gasteiger partial charge in [0.15, 0.2) is 0 Å². The number of benzene rings is 1. The fourth-order valence-corrected chi connectivity index (χ4v) is 3.42. The number of esters is 1. The average Bonchev–Trinajstić information content (AvgIpc) is 3.21. The Balaban J connectivity index is 1.70. The number of nitrogens with zero attached hydrogens (tertiary/aromatic N) is 1. The van der Waals surface area contributed by atoms with Crippen LogP contribution in [0.4, 0.5) is 18.0 Å². The summed E-state index contributed by atoms with van der Waals surface area (Å²) in [6.07, 6.45) is -3.81. The molecular formula is C20H16F3NO6S. The third kappa shape index (κ3) is 5.91. The first-order valence-electron chi connectivity index (χ1n) is 8.92. The summed E-state index contributed by atoms with van der Waals surface area (Å²) in [5.41, 5.74) is 0.485. The minimum Gasteiger partial charge on any atom is -0.462 e. The lowest BCUT2D eigenvalue weighted by atomic mass is 10.2.